The highest BCUT2D eigenvalue weighted by molar-refractivity contribution is 14.0. The van der Waals surface area contributed by atoms with Crippen LogP contribution in [0.1, 0.15) is 18.1 Å². The smallest absolute Gasteiger partial charge is 0.191 e. The third kappa shape index (κ3) is 6.35. The average Bonchev–Trinajstić information content (AvgIpc) is 3.20. The molecule has 0 aliphatic heterocycles. The van der Waals surface area contributed by atoms with Crippen LogP contribution in [-0.2, 0) is 13.1 Å². The van der Waals surface area contributed by atoms with E-state index in [9.17, 15) is 0 Å². The first-order valence-corrected chi connectivity index (χ1v) is 9.32. The molecule has 0 bridgehead atoms. The Morgan fingerprint density at radius 3 is 2.71 bits per heavy atom. The van der Waals surface area contributed by atoms with E-state index in [2.05, 4.69) is 30.8 Å². The lowest BCUT2D eigenvalue weighted by molar-refractivity contribution is 0.816. The number of halogens is 3. The summed E-state index contributed by atoms with van der Waals surface area (Å²) in [5.74, 6) is 1.46. The minimum absolute atomic E-state index is 0. The standard InChI is InChI=1S/C19H20Cl2N6.HI/c1-2-22-19(24-11-15-6-7-16(20)9-17(15)21)23-10-13-4-3-5-14(8-13)18-25-12-26-27-18;/h3-9,12H,2,10-11H2,1H3,(H2,22,23,24)(H,25,26,27);1H. The van der Waals surface area contributed by atoms with Crippen molar-refractivity contribution in [2.75, 3.05) is 6.54 Å². The Kier molecular flexibility index (Phi) is 9.01. The van der Waals surface area contributed by atoms with Gasteiger partial charge in [0.2, 0.25) is 0 Å². The number of aromatic amines is 1. The van der Waals surface area contributed by atoms with Gasteiger partial charge < -0.3 is 10.6 Å². The maximum atomic E-state index is 6.23. The van der Waals surface area contributed by atoms with E-state index >= 15 is 0 Å². The molecule has 9 heteroatoms. The molecule has 3 rings (SSSR count). The van der Waals surface area contributed by atoms with Crippen LogP contribution in [0.15, 0.2) is 53.8 Å². The molecule has 0 saturated carbocycles. The van der Waals surface area contributed by atoms with E-state index < -0.39 is 0 Å². The molecule has 0 aliphatic carbocycles. The third-order valence-corrected chi connectivity index (χ3v) is 4.43. The fraction of sp³-hybridized carbons (Fsp3) is 0.211. The Bertz CT molecular complexity index is 915. The summed E-state index contributed by atoms with van der Waals surface area (Å²) in [6.45, 7) is 3.88. The van der Waals surface area contributed by atoms with Gasteiger partial charge in [-0.1, -0.05) is 47.5 Å². The molecule has 0 radical (unpaired) electrons. The molecule has 0 atom stereocenters. The first-order valence-electron chi connectivity index (χ1n) is 8.56. The number of rotatable bonds is 6. The van der Waals surface area contributed by atoms with Gasteiger partial charge in [0.15, 0.2) is 11.8 Å². The monoisotopic (exact) mass is 530 g/mol. The molecule has 0 saturated heterocycles. The molecule has 148 valence electrons. The topological polar surface area (TPSA) is 78.0 Å². The summed E-state index contributed by atoms with van der Waals surface area (Å²) in [6.07, 6.45) is 1.50. The SMILES string of the molecule is CCNC(=NCc1cccc(-c2ncn[nH]2)c1)NCc1ccc(Cl)cc1Cl.I. The molecule has 0 fully saturated rings. The van der Waals surface area contributed by atoms with Crippen molar-refractivity contribution in [3.8, 4) is 11.4 Å². The lowest BCUT2D eigenvalue weighted by Crippen LogP contribution is -2.36. The zero-order valence-corrected chi connectivity index (χ0v) is 19.1. The van der Waals surface area contributed by atoms with Crippen LogP contribution in [-0.4, -0.2) is 27.7 Å². The van der Waals surface area contributed by atoms with Crippen molar-refractivity contribution in [1.29, 1.82) is 0 Å². The van der Waals surface area contributed by atoms with E-state index in [-0.39, 0.29) is 24.0 Å². The lowest BCUT2D eigenvalue weighted by Gasteiger charge is -2.12. The maximum absolute atomic E-state index is 6.23. The van der Waals surface area contributed by atoms with E-state index in [1.165, 1.54) is 6.33 Å². The molecule has 0 aliphatic rings. The fourth-order valence-electron chi connectivity index (χ4n) is 2.52. The first kappa shape index (κ1) is 22.4. The molecule has 0 spiro atoms. The normalized spacial score (nSPS) is 11.0. The van der Waals surface area contributed by atoms with Gasteiger partial charge in [-0.3, -0.25) is 5.10 Å². The molecular formula is C19H21Cl2IN6. The number of hydrogen-bond acceptors (Lipinski definition) is 3. The number of aliphatic imine (C=N–C) groups is 1. The van der Waals surface area contributed by atoms with Crippen LogP contribution in [0.4, 0.5) is 0 Å². The van der Waals surface area contributed by atoms with Crippen LogP contribution in [0.25, 0.3) is 11.4 Å². The maximum Gasteiger partial charge on any atom is 0.191 e. The van der Waals surface area contributed by atoms with Gasteiger partial charge in [0.25, 0.3) is 0 Å². The summed E-state index contributed by atoms with van der Waals surface area (Å²) < 4.78 is 0. The van der Waals surface area contributed by atoms with Gasteiger partial charge in [-0.25, -0.2) is 9.98 Å². The Labute approximate surface area is 191 Å². The average molecular weight is 531 g/mol. The quantitative estimate of drug-likeness (QED) is 0.246. The third-order valence-electron chi connectivity index (χ3n) is 3.84. The number of aromatic nitrogens is 3. The fourth-order valence-corrected chi connectivity index (χ4v) is 2.99. The second-order valence-corrected chi connectivity index (χ2v) is 6.66. The molecule has 1 aromatic heterocycles. The van der Waals surface area contributed by atoms with Gasteiger partial charge in [0.1, 0.15) is 6.33 Å². The van der Waals surface area contributed by atoms with Gasteiger partial charge in [0.05, 0.1) is 6.54 Å². The van der Waals surface area contributed by atoms with Crippen LogP contribution >= 0.6 is 47.2 Å². The van der Waals surface area contributed by atoms with Crippen molar-refractivity contribution in [1.82, 2.24) is 25.8 Å². The summed E-state index contributed by atoms with van der Waals surface area (Å²) >= 11 is 12.2. The zero-order valence-electron chi connectivity index (χ0n) is 15.2. The van der Waals surface area contributed by atoms with E-state index in [0.717, 1.165) is 29.1 Å². The minimum Gasteiger partial charge on any atom is -0.357 e. The van der Waals surface area contributed by atoms with Gasteiger partial charge in [0, 0.05) is 28.7 Å². The summed E-state index contributed by atoms with van der Waals surface area (Å²) in [7, 11) is 0. The summed E-state index contributed by atoms with van der Waals surface area (Å²) in [5.41, 5.74) is 3.01. The molecule has 3 aromatic rings. The lowest BCUT2D eigenvalue weighted by atomic mass is 10.1. The Balaban J connectivity index is 0.00000280. The van der Waals surface area contributed by atoms with E-state index in [4.69, 9.17) is 23.2 Å². The van der Waals surface area contributed by atoms with E-state index in [1.807, 2.05) is 43.3 Å². The van der Waals surface area contributed by atoms with Gasteiger partial charge in [-0.15, -0.1) is 24.0 Å². The summed E-state index contributed by atoms with van der Waals surface area (Å²) in [5, 5.41) is 14.5. The number of hydrogen-bond donors (Lipinski definition) is 3. The number of H-pyrrole nitrogens is 1. The predicted octanol–water partition coefficient (Wildman–Crippen LogP) is 4.65. The largest absolute Gasteiger partial charge is 0.357 e. The van der Waals surface area contributed by atoms with Crippen LogP contribution in [0.5, 0.6) is 0 Å². The Morgan fingerprint density at radius 1 is 1.14 bits per heavy atom. The van der Waals surface area contributed by atoms with Crippen molar-refractivity contribution in [2.24, 2.45) is 4.99 Å². The molecule has 0 unspecified atom stereocenters. The van der Waals surface area contributed by atoms with Crippen LogP contribution in [0.2, 0.25) is 10.0 Å². The molecular weight excluding hydrogens is 510 g/mol. The van der Waals surface area contributed by atoms with E-state index in [0.29, 0.717) is 29.1 Å². The minimum atomic E-state index is 0. The molecule has 3 N–H and O–H groups in total. The highest BCUT2D eigenvalue weighted by Crippen LogP contribution is 2.20. The van der Waals surface area contributed by atoms with Gasteiger partial charge >= 0.3 is 0 Å². The number of nitrogens with one attached hydrogen (secondary N) is 3. The second-order valence-electron chi connectivity index (χ2n) is 5.82. The molecule has 1 heterocycles. The second kappa shape index (κ2) is 11.2. The first-order chi connectivity index (χ1) is 13.2. The van der Waals surface area contributed by atoms with Gasteiger partial charge in [-0.05, 0) is 36.2 Å². The highest BCUT2D eigenvalue weighted by atomic mass is 127. The van der Waals surface area contributed by atoms with Crippen LogP contribution < -0.4 is 10.6 Å². The zero-order chi connectivity index (χ0) is 19.1. The number of guanidine groups is 1. The van der Waals surface area contributed by atoms with Crippen LogP contribution in [0, 0.1) is 0 Å². The highest BCUT2D eigenvalue weighted by Gasteiger charge is 2.05. The Hall–Kier alpha value is -1.84. The van der Waals surface area contributed by atoms with Crippen molar-refractivity contribution in [2.45, 2.75) is 20.0 Å². The van der Waals surface area contributed by atoms with E-state index in [1.54, 1.807) is 6.07 Å². The predicted molar refractivity (Wildman–Crippen MR) is 125 cm³/mol. The molecule has 2 aromatic carbocycles. The summed E-state index contributed by atoms with van der Waals surface area (Å²) in [6, 6.07) is 13.5. The van der Waals surface area contributed by atoms with Crippen molar-refractivity contribution < 1.29 is 0 Å². The Morgan fingerprint density at radius 2 is 2.00 bits per heavy atom. The molecule has 6 nitrogen and oxygen atoms in total. The van der Waals surface area contributed by atoms with Gasteiger partial charge in [-0.2, -0.15) is 5.10 Å². The van der Waals surface area contributed by atoms with Crippen molar-refractivity contribution in [3.05, 3.63) is 70.0 Å². The van der Waals surface area contributed by atoms with Crippen molar-refractivity contribution in [3.63, 3.8) is 0 Å². The molecule has 0 amide bonds. The summed E-state index contributed by atoms with van der Waals surface area (Å²) in [4.78, 5) is 8.83. The van der Waals surface area contributed by atoms with Crippen LogP contribution in [0.3, 0.4) is 0 Å². The van der Waals surface area contributed by atoms with Crippen molar-refractivity contribution >= 4 is 53.1 Å². The number of nitrogens with zero attached hydrogens (tertiary/aromatic N) is 3. The number of benzene rings is 2. The molecule has 28 heavy (non-hydrogen) atoms.